The number of halogens is 1. The Morgan fingerprint density at radius 2 is 1.94 bits per heavy atom. The minimum absolute atomic E-state index is 0.0110. The van der Waals surface area contributed by atoms with Gasteiger partial charge < -0.3 is 15.4 Å². The zero-order chi connectivity index (χ0) is 24.9. The molecule has 3 rings (SSSR count). The topological polar surface area (TPSA) is 81.0 Å². The molecule has 0 spiro atoms. The molecule has 1 aliphatic rings. The number of benzene rings is 2. The van der Waals surface area contributed by atoms with Crippen LogP contribution in [0.2, 0.25) is 0 Å². The van der Waals surface area contributed by atoms with Crippen LogP contribution in [0.5, 0.6) is 0 Å². The quantitative estimate of drug-likeness (QED) is 0.243. The summed E-state index contributed by atoms with van der Waals surface area (Å²) in [7, 11) is 0. The van der Waals surface area contributed by atoms with E-state index in [1.165, 1.54) is 40.3 Å². The molecule has 1 aliphatic heterocycles. The van der Waals surface area contributed by atoms with Gasteiger partial charge in [-0.2, -0.15) is 0 Å². The molecule has 1 heterocycles. The number of carbonyl (C=O) groups is 1. The minimum atomic E-state index is -0.921. The fourth-order valence-corrected chi connectivity index (χ4v) is 7.20. The zero-order valence-electron chi connectivity index (χ0n) is 19.7. The summed E-state index contributed by atoms with van der Waals surface area (Å²) in [6.07, 6.45) is 3.99. The molecule has 2 aromatic carbocycles. The van der Waals surface area contributed by atoms with Crippen LogP contribution in [0.3, 0.4) is 0 Å². The maximum absolute atomic E-state index is 13.8. The van der Waals surface area contributed by atoms with E-state index in [1.807, 2.05) is 25.3 Å². The number of aliphatic hydroxyl groups excluding tert-OH is 1. The lowest BCUT2D eigenvalue weighted by Gasteiger charge is -2.43. The van der Waals surface area contributed by atoms with Crippen molar-refractivity contribution in [3.63, 3.8) is 0 Å². The lowest BCUT2D eigenvalue weighted by Crippen LogP contribution is -2.53. The van der Waals surface area contributed by atoms with Crippen LogP contribution in [0.1, 0.15) is 62.1 Å². The number of nitrogens with zero attached hydrogens (tertiary/aromatic N) is 1. The minimum Gasteiger partial charge on any atom is -0.481 e. The second-order valence-electron chi connectivity index (χ2n) is 8.49. The summed E-state index contributed by atoms with van der Waals surface area (Å²) in [5.41, 5.74) is 1.78. The van der Waals surface area contributed by atoms with Gasteiger partial charge in [0.25, 0.3) is 0 Å². The average molecular weight is 526 g/mol. The molecule has 0 aliphatic carbocycles. The Morgan fingerprint density at radius 1 is 1.24 bits per heavy atom. The Balaban J connectivity index is 2.16. The van der Waals surface area contributed by atoms with Gasteiger partial charge in [0.15, 0.2) is 0 Å². The van der Waals surface area contributed by atoms with Crippen molar-refractivity contribution in [2.24, 2.45) is 0 Å². The van der Waals surface area contributed by atoms with E-state index in [0.29, 0.717) is 18.6 Å². The molecule has 34 heavy (non-hydrogen) atoms. The van der Waals surface area contributed by atoms with Gasteiger partial charge in [0.05, 0.1) is 17.4 Å². The van der Waals surface area contributed by atoms with Crippen LogP contribution in [0.25, 0.3) is 0 Å². The first kappa shape index (κ1) is 27.4. The molecule has 186 valence electrons. The van der Waals surface area contributed by atoms with Crippen molar-refractivity contribution >= 4 is 41.4 Å². The summed E-state index contributed by atoms with van der Waals surface area (Å²) in [4.78, 5) is 12.8. The predicted octanol–water partition coefficient (Wildman–Crippen LogP) is 6.41. The number of rotatable bonds is 10. The molecule has 0 saturated heterocycles. The molecule has 0 fully saturated rings. The predicted molar refractivity (Wildman–Crippen MR) is 138 cm³/mol. The van der Waals surface area contributed by atoms with Gasteiger partial charge in [0.2, 0.25) is 0 Å². The van der Waals surface area contributed by atoms with Crippen molar-refractivity contribution in [1.29, 1.82) is 0 Å². The van der Waals surface area contributed by atoms with Gasteiger partial charge in [-0.1, -0.05) is 38.8 Å². The van der Waals surface area contributed by atoms with Crippen LogP contribution in [-0.4, -0.2) is 49.5 Å². The molecule has 2 aromatic rings. The molecule has 0 radical (unpaired) electrons. The molecule has 3 unspecified atom stereocenters. The SMILES string of the molecule is CCCCC1(CC)C(O)C(c2ccc(F)cc2)c2cc(SC)c(CSCC(=O)O)cc2SN1O. The van der Waals surface area contributed by atoms with Gasteiger partial charge in [-0.3, -0.25) is 4.79 Å². The Bertz CT molecular complexity index is 991. The highest BCUT2D eigenvalue weighted by Gasteiger charge is 2.49. The fraction of sp³-hybridized carbons (Fsp3) is 0.480. The highest BCUT2D eigenvalue weighted by Crippen LogP contribution is 2.50. The van der Waals surface area contributed by atoms with Gasteiger partial charge in [-0.25, -0.2) is 4.39 Å². The van der Waals surface area contributed by atoms with Gasteiger partial charge in [-0.15, -0.1) is 28.0 Å². The average Bonchev–Trinajstić information content (AvgIpc) is 2.89. The maximum atomic E-state index is 13.8. The van der Waals surface area contributed by atoms with Crippen molar-refractivity contribution in [2.45, 2.75) is 72.6 Å². The van der Waals surface area contributed by atoms with Gasteiger partial charge in [0.1, 0.15) is 5.82 Å². The van der Waals surface area contributed by atoms with Crippen LogP contribution < -0.4 is 0 Å². The Morgan fingerprint density at radius 3 is 2.53 bits per heavy atom. The van der Waals surface area contributed by atoms with E-state index in [1.54, 1.807) is 23.9 Å². The smallest absolute Gasteiger partial charge is 0.313 e. The van der Waals surface area contributed by atoms with Gasteiger partial charge in [-0.05, 0) is 72.0 Å². The Labute approximate surface area is 213 Å². The molecular weight excluding hydrogens is 493 g/mol. The number of thioether (sulfide) groups is 2. The molecule has 0 amide bonds. The Hall–Kier alpha value is -1.23. The first-order valence-electron chi connectivity index (χ1n) is 11.4. The Kier molecular flexibility index (Phi) is 9.77. The summed E-state index contributed by atoms with van der Waals surface area (Å²) >= 11 is 4.11. The molecule has 9 heteroatoms. The van der Waals surface area contributed by atoms with E-state index in [4.69, 9.17) is 5.11 Å². The van der Waals surface area contributed by atoms with Crippen molar-refractivity contribution in [3.05, 3.63) is 58.9 Å². The van der Waals surface area contributed by atoms with Crippen LogP contribution in [-0.2, 0) is 10.5 Å². The highest BCUT2D eigenvalue weighted by molar-refractivity contribution is 7.99. The third-order valence-electron chi connectivity index (χ3n) is 6.47. The van der Waals surface area contributed by atoms with Crippen LogP contribution in [0.4, 0.5) is 4.39 Å². The molecule has 3 atom stereocenters. The molecular formula is C25H32FNO4S3. The molecule has 3 N–H and O–H groups in total. The summed E-state index contributed by atoms with van der Waals surface area (Å²) in [6.45, 7) is 4.06. The lowest BCUT2D eigenvalue weighted by atomic mass is 9.74. The molecule has 5 nitrogen and oxygen atoms in total. The van der Waals surface area contributed by atoms with Crippen LogP contribution in [0, 0.1) is 5.82 Å². The highest BCUT2D eigenvalue weighted by atomic mass is 32.2. The lowest BCUT2D eigenvalue weighted by molar-refractivity contribution is -0.138. The molecule has 0 bridgehead atoms. The number of fused-ring (bicyclic) bond motifs is 1. The third-order valence-corrected chi connectivity index (χ3v) is 9.34. The fourth-order valence-electron chi connectivity index (χ4n) is 4.55. The first-order valence-corrected chi connectivity index (χ1v) is 14.5. The largest absolute Gasteiger partial charge is 0.481 e. The van der Waals surface area contributed by atoms with E-state index < -0.39 is 23.5 Å². The maximum Gasteiger partial charge on any atom is 0.313 e. The number of hydrogen-bond acceptors (Lipinski definition) is 7. The number of carboxylic acids is 1. The standard InChI is InChI=1S/C25H32FNO4S3/c1-4-6-11-25(5-2)24(30)23(16-7-9-18(26)10-8-16)19-13-20(32-3)17(14-33-15-22(28)29)12-21(19)34-27(25)31/h7-10,12-13,23-24,30-31H,4-6,11,14-15H2,1-3H3,(H,28,29). The number of aliphatic hydroxyl groups is 1. The van der Waals surface area contributed by atoms with Gasteiger partial charge >= 0.3 is 5.97 Å². The van der Waals surface area contributed by atoms with E-state index >= 15 is 0 Å². The van der Waals surface area contributed by atoms with Crippen molar-refractivity contribution in [3.8, 4) is 0 Å². The molecule has 0 saturated carbocycles. The van der Waals surface area contributed by atoms with Gasteiger partial charge in [0, 0.05) is 21.5 Å². The van der Waals surface area contributed by atoms with Crippen LogP contribution >= 0.6 is 35.5 Å². The van der Waals surface area contributed by atoms with E-state index in [0.717, 1.165) is 39.3 Å². The van der Waals surface area contributed by atoms with Crippen molar-refractivity contribution in [1.82, 2.24) is 4.47 Å². The number of unbranched alkanes of at least 4 members (excludes halogenated alkanes) is 1. The second kappa shape index (κ2) is 12.1. The summed E-state index contributed by atoms with van der Waals surface area (Å²) in [5, 5.41) is 32.2. The number of hydroxylamine groups is 1. The normalized spacial score (nSPS) is 22.9. The van der Waals surface area contributed by atoms with E-state index in [2.05, 4.69) is 6.92 Å². The summed E-state index contributed by atoms with van der Waals surface area (Å²) in [6, 6.07) is 10.3. The van der Waals surface area contributed by atoms with Crippen molar-refractivity contribution in [2.75, 3.05) is 12.0 Å². The summed E-state index contributed by atoms with van der Waals surface area (Å²) in [5.74, 6) is -1.11. The number of hydrogen-bond donors (Lipinski definition) is 3. The zero-order valence-corrected chi connectivity index (χ0v) is 22.1. The van der Waals surface area contributed by atoms with Crippen LogP contribution in [0.15, 0.2) is 46.2 Å². The monoisotopic (exact) mass is 525 g/mol. The number of aliphatic carboxylic acids is 1. The van der Waals surface area contributed by atoms with E-state index in [-0.39, 0.29) is 11.6 Å². The first-order chi connectivity index (χ1) is 16.3. The molecule has 0 aromatic heterocycles. The van der Waals surface area contributed by atoms with E-state index in [9.17, 15) is 19.5 Å². The summed E-state index contributed by atoms with van der Waals surface area (Å²) < 4.78 is 15.0. The second-order valence-corrected chi connectivity index (χ2v) is 11.3. The third kappa shape index (κ3) is 5.77. The van der Waals surface area contributed by atoms with Crippen molar-refractivity contribution < 1.29 is 24.6 Å². The number of carboxylic acid groups (broad SMARTS) is 1.